The highest BCUT2D eigenvalue weighted by Crippen LogP contribution is 2.29. The van der Waals surface area contributed by atoms with Gasteiger partial charge in [-0.3, -0.25) is 14.5 Å². The van der Waals surface area contributed by atoms with E-state index in [1.54, 1.807) is 6.20 Å². The quantitative estimate of drug-likeness (QED) is 0.923. The van der Waals surface area contributed by atoms with Gasteiger partial charge in [0.2, 0.25) is 5.91 Å². The van der Waals surface area contributed by atoms with Gasteiger partial charge in [0.1, 0.15) is 0 Å². The summed E-state index contributed by atoms with van der Waals surface area (Å²) in [6, 6.07) is 4.31. The molecule has 5 heteroatoms. The number of pyridine rings is 1. The summed E-state index contributed by atoms with van der Waals surface area (Å²) in [6.07, 6.45) is 10.0. The van der Waals surface area contributed by atoms with Gasteiger partial charge in [-0.05, 0) is 56.7 Å². The third kappa shape index (κ3) is 3.78. The van der Waals surface area contributed by atoms with Crippen molar-refractivity contribution in [1.82, 2.24) is 20.1 Å². The largest absolute Gasteiger partial charge is 0.348 e. The fourth-order valence-corrected chi connectivity index (χ4v) is 3.04. The second-order valence-corrected chi connectivity index (χ2v) is 6.49. The van der Waals surface area contributed by atoms with E-state index in [0.29, 0.717) is 12.5 Å². The van der Waals surface area contributed by atoms with Crippen LogP contribution in [0, 0.1) is 0 Å². The Morgan fingerprint density at radius 3 is 3.09 bits per heavy atom. The lowest BCUT2D eigenvalue weighted by Gasteiger charge is -2.22. The highest BCUT2D eigenvalue weighted by molar-refractivity contribution is 5.76. The average Bonchev–Trinajstić information content (AvgIpc) is 3.00. The van der Waals surface area contributed by atoms with Crippen LogP contribution in [-0.2, 0) is 17.6 Å². The second-order valence-electron chi connectivity index (χ2n) is 6.49. The molecule has 1 N–H and O–H groups in total. The number of carbonyl (C=O) groups excluding carboxylic acids is 1. The molecule has 0 radical (unpaired) electrons. The molecule has 0 spiro atoms. The first-order valence-corrected chi connectivity index (χ1v) is 8.39. The Labute approximate surface area is 137 Å². The van der Waals surface area contributed by atoms with Crippen LogP contribution in [0.3, 0.4) is 0 Å². The Hall–Kier alpha value is -2.17. The van der Waals surface area contributed by atoms with E-state index in [1.165, 1.54) is 5.56 Å². The predicted octanol–water partition coefficient (Wildman–Crippen LogP) is 2.99. The summed E-state index contributed by atoms with van der Waals surface area (Å²) in [4.78, 5) is 16.4. The van der Waals surface area contributed by atoms with E-state index in [0.717, 1.165) is 36.9 Å². The number of nitrogens with one attached hydrogen (secondary N) is 1. The molecule has 0 aliphatic heterocycles. The second kappa shape index (κ2) is 6.94. The van der Waals surface area contributed by atoms with Gasteiger partial charge in [0.25, 0.3) is 0 Å². The van der Waals surface area contributed by atoms with Crippen LogP contribution in [0.15, 0.2) is 30.7 Å². The fourth-order valence-electron chi connectivity index (χ4n) is 3.04. The maximum atomic E-state index is 12.3. The molecule has 122 valence electrons. The minimum atomic E-state index is 0.0557. The van der Waals surface area contributed by atoms with Crippen molar-refractivity contribution >= 4 is 5.91 Å². The lowest BCUT2D eigenvalue weighted by atomic mass is 9.93. The normalized spacial score (nSPS) is 17.1. The number of hydrogen-bond acceptors (Lipinski definition) is 3. The van der Waals surface area contributed by atoms with Crippen LogP contribution in [0.5, 0.6) is 0 Å². The molecule has 1 aliphatic rings. The Morgan fingerprint density at radius 2 is 2.35 bits per heavy atom. The molecular weight excluding hydrogens is 288 g/mol. The molecule has 2 heterocycles. The zero-order valence-corrected chi connectivity index (χ0v) is 13.8. The summed E-state index contributed by atoms with van der Waals surface area (Å²) in [5, 5.41) is 7.86. The monoisotopic (exact) mass is 312 g/mol. The lowest BCUT2D eigenvalue weighted by molar-refractivity contribution is -0.121. The van der Waals surface area contributed by atoms with Crippen LogP contribution < -0.4 is 5.32 Å². The molecule has 0 saturated heterocycles. The van der Waals surface area contributed by atoms with Gasteiger partial charge in [-0.15, -0.1) is 0 Å². The Morgan fingerprint density at radius 1 is 1.48 bits per heavy atom. The van der Waals surface area contributed by atoms with E-state index in [4.69, 9.17) is 5.10 Å². The summed E-state index contributed by atoms with van der Waals surface area (Å²) >= 11 is 0. The molecule has 0 aromatic carbocycles. The smallest absolute Gasteiger partial charge is 0.220 e. The number of nitrogens with zero attached hydrogens (tertiary/aromatic N) is 3. The van der Waals surface area contributed by atoms with Crippen molar-refractivity contribution in [2.45, 2.75) is 58.0 Å². The predicted molar refractivity (Wildman–Crippen MR) is 89.0 cm³/mol. The Bertz CT molecular complexity index is 663. The van der Waals surface area contributed by atoms with Gasteiger partial charge in [0, 0.05) is 31.1 Å². The molecule has 3 rings (SSSR count). The van der Waals surface area contributed by atoms with E-state index in [9.17, 15) is 4.79 Å². The molecule has 0 fully saturated rings. The van der Waals surface area contributed by atoms with E-state index >= 15 is 0 Å². The fraction of sp³-hybridized carbons (Fsp3) is 0.500. The van der Waals surface area contributed by atoms with Crippen LogP contribution in [0.2, 0.25) is 0 Å². The Balaban J connectivity index is 1.61. The third-order valence-corrected chi connectivity index (χ3v) is 4.34. The van der Waals surface area contributed by atoms with Crippen LogP contribution in [-0.4, -0.2) is 20.7 Å². The van der Waals surface area contributed by atoms with Crippen molar-refractivity contribution in [3.8, 4) is 0 Å². The molecule has 0 bridgehead atoms. The van der Waals surface area contributed by atoms with Crippen molar-refractivity contribution < 1.29 is 4.79 Å². The SMILES string of the molecule is CC(C)n1cc2c(n1)[C@H](NC(=O)CCc1cccnc1)CCC2. The van der Waals surface area contributed by atoms with E-state index in [2.05, 4.69) is 30.3 Å². The van der Waals surface area contributed by atoms with Crippen molar-refractivity contribution in [2.24, 2.45) is 0 Å². The summed E-state index contributed by atoms with van der Waals surface area (Å²) < 4.78 is 2.00. The summed E-state index contributed by atoms with van der Waals surface area (Å²) in [5.41, 5.74) is 3.43. The average molecular weight is 312 g/mol. The number of amides is 1. The summed E-state index contributed by atoms with van der Waals surface area (Å²) in [7, 11) is 0. The first kappa shape index (κ1) is 15.7. The minimum Gasteiger partial charge on any atom is -0.348 e. The molecule has 1 atom stereocenters. The molecule has 2 aromatic heterocycles. The van der Waals surface area contributed by atoms with Crippen LogP contribution >= 0.6 is 0 Å². The van der Waals surface area contributed by atoms with Gasteiger partial charge in [-0.1, -0.05) is 6.07 Å². The van der Waals surface area contributed by atoms with Gasteiger partial charge >= 0.3 is 0 Å². The summed E-state index contributed by atoms with van der Waals surface area (Å²) in [6.45, 7) is 4.25. The molecular formula is C18H24N4O. The first-order chi connectivity index (χ1) is 11.1. The first-order valence-electron chi connectivity index (χ1n) is 8.39. The summed E-state index contributed by atoms with van der Waals surface area (Å²) in [5.74, 6) is 0.0887. The number of rotatable bonds is 5. The van der Waals surface area contributed by atoms with Gasteiger partial charge in [-0.2, -0.15) is 5.10 Å². The van der Waals surface area contributed by atoms with Crippen molar-refractivity contribution in [2.75, 3.05) is 0 Å². The zero-order valence-electron chi connectivity index (χ0n) is 13.8. The molecule has 0 unspecified atom stereocenters. The van der Waals surface area contributed by atoms with E-state index in [1.807, 2.05) is 23.0 Å². The Kier molecular flexibility index (Phi) is 4.74. The topological polar surface area (TPSA) is 59.8 Å². The lowest BCUT2D eigenvalue weighted by Crippen LogP contribution is -2.31. The third-order valence-electron chi connectivity index (χ3n) is 4.34. The van der Waals surface area contributed by atoms with Crippen LogP contribution in [0.4, 0.5) is 0 Å². The number of hydrogen-bond donors (Lipinski definition) is 1. The number of aryl methyl sites for hydroxylation is 2. The van der Waals surface area contributed by atoms with Gasteiger partial charge in [0.15, 0.2) is 0 Å². The molecule has 0 saturated carbocycles. The highest BCUT2D eigenvalue weighted by Gasteiger charge is 2.25. The van der Waals surface area contributed by atoms with Crippen molar-refractivity contribution in [1.29, 1.82) is 0 Å². The van der Waals surface area contributed by atoms with E-state index in [-0.39, 0.29) is 11.9 Å². The van der Waals surface area contributed by atoms with Crippen molar-refractivity contribution in [3.63, 3.8) is 0 Å². The zero-order chi connectivity index (χ0) is 16.2. The molecule has 5 nitrogen and oxygen atoms in total. The molecule has 23 heavy (non-hydrogen) atoms. The van der Waals surface area contributed by atoms with Crippen LogP contribution in [0.25, 0.3) is 0 Å². The standard InChI is InChI=1S/C18H24N4O/c1-13(2)22-12-15-6-3-7-16(18(15)21-22)20-17(23)9-8-14-5-4-10-19-11-14/h4-5,10-13,16H,3,6-9H2,1-2H3,(H,20,23)/t16-/m1/s1. The molecule has 2 aromatic rings. The maximum Gasteiger partial charge on any atom is 0.220 e. The number of aromatic nitrogens is 3. The molecule has 1 amide bonds. The van der Waals surface area contributed by atoms with Gasteiger partial charge in [-0.25, -0.2) is 0 Å². The minimum absolute atomic E-state index is 0.0557. The van der Waals surface area contributed by atoms with E-state index < -0.39 is 0 Å². The number of carbonyl (C=O) groups is 1. The maximum absolute atomic E-state index is 12.3. The van der Waals surface area contributed by atoms with Gasteiger partial charge < -0.3 is 5.32 Å². The van der Waals surface area contributed by atoms with Crippen molar-refractivity contribution in [3.05, 3.63) is 47.5 Å². The van der Waals surface area contributed by atoms with Gasteiger partial charge in [0.05, 0.1) is 11.7 Å². The van der Waals surface area contributed by atoms with Crippen LogP contribution in [0.1, 0.15) is 62.0 Å². The highest BCUT2D eigenvalue weighted by atomic mass is 16.1. The molecule has 1 aliphatic carbocycles. The number of fused-ring (bicyclic) bond motifs is 1.